The second kappa shape index (κ2) is 9.58. The van der Waals surface area contributed by atoms with Gasteiger partial charge in [0.15, 0.2) is 11.1 Å². The minimum atomic E-state index is -4.87. The van der Waals surface area contributed by atoms with E-state index in [0.29, 0.717) is 12.3 Å². The number of nitrogens with zero attached hydrogens (tertiary/aromatic N) is 3. The van der Waals surface area contributed by atoms with Crippen LogP contribution in [0.2, 0.25) is 0 Å². The number of amides is 1. The fraction of sp³-hybridized carbons (Fsp3) is 0.421. The second-order valence-electron chi connectivity index (χ2n) is 7.69. The Labute approximate surface area is 195 Å². The van der Waals surface area contributed by atoms with Crippen molar-refractivity contribution in [3.05, 3.63) is 41.7 Å². The molecule has 1 amide bonds. The number of sulfonamides is 1. The SMILES string of the molecule is C[C@H]1CN(c2ncc(C(F)(F)F)cc2C(=O)Nc2ccnc(S(N)(=O)=O)c2)CC[C@@H](C(F)(F)F)O1. The number of nitrogens with two attached hydrogens (primary N) is 1. The predicted molar refractivity (Wildman–Crippen MR) is 110 cm³/mol. The van der Waals surface area contributed by atoms with Gasteiger partial charge in [0, 0.05) is 43.7 Å². The molecular weight excluding hydrogens is 508 g/mol. The van der Waals surface area contributed by atoms with Gasteiger partial charge < -0.3 is 15.0 Å². The Morgan fingerprint density at radius 1 is 1.20 bits per heavy atom. The standard InChI is InChI=1S/C19H19F6N5O4S/c1-10-9-30(5-3-14(34-10)19(23,24)25)16-13(6-11(8-28-16)18(20,21)22)17(31)29-12-2-4-27-15(7-12)35(26,32)33/h2,4,6-8,10,14H,3,5,9H2,1H3,(H2,26,32,33)(H,27,29,31)/t10-,14-/m0/s1. The summed E-state index contributed by atoms with van der Waals surface area (Å²) >= 11 is 0. The summed E-state index contributed by atoms with van der Waals surface area (Å²) in [6.07, 6.45) is -11.7. The van der Waals surface area contributed by atoms with E-state index in [1.807, 2.05) is 0 Å². The number of halogens is 6. The Balaban J connectivity index is 1.99. The fourth-order valence-corrected chi connectivity index (χ4v) is 3.87. The van der Waals surface area contributed by atoms with Crippen LogP contribution in [0.3, 0.4) is 0 Å². The molecule has 3 heterocycles. The first kappa shape index (κ1) is 26.6. The molecule has 1 saturated heterocycles. The quantitative estimate of drug-likeness (QED) is 0.586. The van der Waals surface area contributed by atoms with Gasteiger partial charge in [0.1, 0.15) is 5.82 Å². The van der Waals surface area contributed by atoms with Crippen LogP contribution in [0.25, 0.3) is 0 Å². The Kier molecular flexibility index (Phi) is 7.29. The average Bonchev–Trinajstić information content (AvgIpc) is 2.94. The van der Waals surface area contributed by atoms with Crippen LogP contribution in [-0.4, -0.2) is 55.8 Å². The summed E-state index contributed by atoms with van der Waals surface area (Å²) in [6.45, 7) is 0.862. The monoisotopic (exact) mass is 527 g/mol. The summed E-state index contributed by atoms with van der Waals surface area (Å²) in [5, 5.41) is 6.63. The van der Waals surface area contributed by atoms with Crippen LogP contribution < -0.4 is 15.4 Å². The Morgan fingerprint density at radius 3 is 2.49 bits per heavy atom. The van der Waals surface area contributed by atoms with E-state index in [2.05, 4.69) is 15.3 Å². The molecule has 3 rings (SSSR count). The number of hydrogen-bond donors (Lipinski definition) is 2. The number of rotatable bonds is 4. The molecule has 0 spiro atoms. The molecule has 1 aliphatic heterocycles. The summed E-state index contributed by atoms with van der Waals surface area (Å²) in [5.41, 5.74) is -2.01. The zero-order valence-corrected chi connectivity index (χ0v) is 18.7. The van der Waals surface area contributed by atoms with E-state index < -0.39 is 63.1 Å². The predicted octanol–water partition coefficient (Wildman–Crippen LogP) is 2.94. The molecule has 2 aromatic heterocycles. The lowest BCUT2D eigenvalue weighted by Crippen LogP contribution is -2.34. The molecular formula is C19H19F6N5O4S. The molecule has 0 unspecified atom stereocenters. The molecule has 0 saturated carbocycles. The normalized spacial score (nSPS) is 19.8. The van der Waals surface area contributed by atoms with Crippen molar-refractivity contribution in [1.82, 2.24) is 9.97 Å². The molecule has 1 aliphatic rings. The van der Waals surface area contributed by atoms with Crippen molar-refractivity contribution in [3.8, 4) is 0 Å². The van der Waals surface area contributed by atoms with Crippen molar-refractivity contribution in [2.45, 2.75) is 42.9 Å². The van der Waals surface area contributed by atoms with Crippen molar-refractivity contribution in [2.75, 3.05) is 23.3 Å². The van der Waals surface area contributed by atoms with Gasteiger partial charge in [-0.05, 0) is 19.1 Å². The first-order valence-electron chi connectivity index (χ1n) is 9.90. The third-order valence-corrected chi connectivity index (χ3v) is 5.73. The number of carbonyl (C=O) groups is 1. The van der Waals surface area contributed by atoms with E-state index >= 15 is 0 Å². The van der Waals surface area contributed by atoms with Gasteiger partial charge in [-0.2, -0.15) is 26.3 Å². The number of ether oxygens (including phenoxy) is 1. The van der Waals surface area contributed by atoms with Crippen molar-refractivity contribution in [2.24, 2.45) is 5.14 Å². The Bertz CT molecular complexity index is 1200. The van der Waals surface area contributed by atoms with Crippen LogP contribution in [0.4, 0.5) is 37.8 Å². The van der Waals surface area contributed by atoms with Crippen LogP contribution in [0.15, 0.2) is 35.6 Å². The third-order valence-electron chi connectivity index (χ3n) is 4.92. The first-order chi connectivity index (χ1) is 16.1. The molecule has 192 valence electrons. The smallest absolute Gasteiger partial charge is 0.364 e. The number of hydrogen-bond acceptors (Lipinski definition) is 7. The maximum atomic E-state index is 13.3. The Morgan fingerprint density at radius 2 is 1.89 bits per heavy atom. The highest BCUT2D eigenvalue weighted by Gasteiger charge is 2.43. The number of pyridine rings is 2. The average molecular weight is 527 g/mol. The zero-order chi connectivity index (χ0) is 26.2. The summed E-state index contributed by atoms with van der Waals surface area (Å²) in [4.78, 5) is 21.4. The van der Waals surface area contributed by atoms with Gasteiger partial charge in [-0.1, -0.05) is 0 Å². The molecule has 16 heteroatoms. The van der Waals surface area contributed by atoms with E-state index in [1.165, 1.54) is 17.9 Å². The van der Waals surface area contributed by atoms with Crippen LogP contribution in [0, 0.1) is 0 Å². The van der Waals surface area contributed by atoms with E-state index in [0.717, 1.165) is 12.3 Å². The van der Waals surface area contributed by atoms with Crippen LogP contribution in [0.5, 0.6) is 0 Å². The minimum absolute atomic E-state index is 0.151. The van der Waals surface area contributed by atoms with Crippen molar-refractivity contribution in [3.63, 3.8) is 0 Å². The number of carbonyl (C=O) groups excluding carboxylic acids is 1. The summed E-state index contributed by atoms with van der Waals surface area (Å²) in [7, 11) is -4.24. The van der Waals surface area contributed by atoms with Gasteiger partial charge in [-0.3, -0.25) is 4.79 Å². The molecule has 9 nitrogen and oxygen atoms in total. The summed E-state index contributed by atoms with van der Waals surface area (Å²) in [5.74, 6) is -1.41. The van der Waals surface area contributed by atoms with E-state index in [1.54, 1.807) is 0 Å². The molecule has 2 atom stereocenters. The second-order valence-corrected chi connectivity index (χ2v) is 9.19. The van der Waals surface area contributed by atoms with Gasteiger partial charge in [0.25, 0.3) is 15.9 Å². The van der Waals surface area contributed by atoms with E-state index in [4.69, 9.17) is 9.88 Å². The van der Waals surface area contributed by atoms with Gasteiger partial charge in [-0.15, -0.1) is 0 Å². The van der Waals surface area contributed by atoms with Crippen molar-refractivity contribution < 1.29 is 44.3 Å². The molecule has 2 aromatic rings. The lowest BCUT2D eigenvalue weighted by atomic mass is 10.1. The highest BCUT2D eigenvalue weighted by molar-refractivity contribution is 7.89. The first-order valence-corrected chi connectivity index (χ1v) is 11.4. The van der Waals surface area contributed by atoms with Crippen LogP contribution in [-0.2, 0) is 20.9 Å². The number of alkyl halides is 6. The molecule has 0 aromatic carbocycles. The maximum absolute atomic E-state index is 13.3. The number of primary sulfonamides is 1. The van der Waals surface area contributed by atoms with Gasteiger partial charge in [0.2, 0.25) is 0 Å². The highest BCUT2D eigenvalue weighted by Crippen LogP contribution is 2.34. The fourth-order valence-electron chi connectivity index (χ4n) is 3.37. The molecule has 35 heavy (non-hydrogen) atoms. The number of aromatic nitrogens is 2. The van der Waals surface area contributed by atoms with E-state index in [-0.39, 0.29) is 24.6 Å². The van der Waals surface area contributed by atoms with Crippen LogP contribution >= 0.6 is 0 Å². The van der Waals surface area contributed by atoms with E-state index in [9.17, 15) is 39.6 Å². The van der Waals surface area contributed by atoms with Crippen LogP contribution in [0.1, 0.15) is 29.3 Å². The molecule has 0 bridgehead atoms. The zero-order valence-electron chi connectivity index (χ0n) is 17.9. The van der Waals surface area contributed by atoms with Gasteiger partial charge in [0.05, 0.1) is 17.2 Å². The highest BCUT2D eigenvalue weighted by atomic mass is 32.2. The maximum Gasteiger partial charge on any atom is 0.417 e. The molecule has 0 aliphatic carbocycles. The summed E-state index contributed by atoms with van der Waals surface area (Å²) < 4.78 is 107. The van der Waals surface area contributed by atoms with Crippen molar-refractivity contribution >= 4 is 27.4 Å². The third kappa shape index (κ3) is 6.58. The number of anilines is 2. The minimum Gasteiger partial charge on any atom is -0.364 e. The summed E-state index contributed by atoms with van der Waals surface area (Å²) in [6, 6.07) is 2.57. The van der Waals surface area contributed by atoms with Crippen molar-refractivity contribution in [1.29, 1.82) is 0 Å². The molecule has 0 radical (unpaired) electrons. The number of nitrogens with one attached hydrogen (secondary N) is 1. The molecule has 3 N–H and O–H groups in total. The lowest BCUT2D eigenvalue weighted by molar-refractivity contribution is -0.228. The lowest BCUT2D eigenvalue weighted by Gasteiger charge is -2.25. The van der Waals surface area contributed by atoms with Gasteiger partial charge >= 0.3 is 12.4 Å². The Hall–Kier alpha value is -2.98. The largest absolute Gasteiger partial charge is 0.417 e. The molecule has 1 fully saturated rings. The van der Waals surface area contributed by atoms with Gasteiger partial charge in [-0.25, -0.2) is 23.5 Å². The topological polar surface area (TPSA) is 128 Å².